The monoisotopic (exact) mass is 1730 g/mol. The average molecular weight is 1730 g/mol. The van der Waals surface area contributed by atoms with Crippen LogP contribution in [0.4, 0.5) is 30.6 Å². The van der Waals surface area contributed by atoms with Crippen molar-refractivity contribution in [1.29, 1.82) is 0 Å². The molecule has 9 heterocycles. The number of anilines is 3. The van der Waals surface area contributed by atoms with Crippen LogP contribution < -0.4 is 14.7 Å². The molecule has 32 nitrogen and oxygen atoms in total. The molecule has 6 fully saturated rings. The standard InChI is InChI=1S/C20H31ClFN5O5P2.C18H27ClFN5O7P2.C16H21ClFN5O3.CH2Cl4O2P2.CH4/c1-26(12-7-5-6-8-12)17-15-18(25-20(21)24-17)27(10-23-15)19-14(22)16(28)13(32-19)9-31-34(4,30)11-33(2,3)29;1-24(10-5-3-4-6-10)15-13-16(23-18(19)22-15)25(8-21-13)17-12(20)14(26)11(32-17)7-31-34(29,30)9-33(2,27)28;1-22(8-4-2-3-5-8)13-11-14(21-16(17)20-13)23(7-19-11)15-10(18)12(25)9(6-24)26-15;2-8(3,6)1-9(4,5)7;/h10,12-14,16,19,28H,5-9,11H2,1-4H3;8,10-12,14,17,26H,3-7,9H2,1-2H3,(H,27,28)(H,29,30);7-10,12,15,24-25H,2-6H2,1H3;1H2;1H4/t13-,14+,16-,19-,34?;11-,12+,14-,17-;9-,10+,12-,15-;;/m111../s1. The van der Waals surface area contributed by atoms with E-state index in [-0.39, 0.29) is 47.5 Å². The molecule has 3 unspecified atom stereocenters. The summed E-state index contributed by atoms with van der Waals surface area (Å²) in [5.74, 6) is -6.66. The Labute approximate surface area is 631 Å². The maximum atomic E-state index is 15.1. The molecule has 3 aliphatic heterocycles. The highest BCUT2D eigenvalue weighted by molar-refractivity contribution is 8.21. The van der Waals surface area contributed by atoms with E-state index in [2.05, 4.69) is 44.9 Å². The summed E-state index contributed by atoms with van der Waals surface area (Å²) in [5.41, 5.74) is 2.19. The van der Waals surface area contributed by atoms with Crippen molar-refractivity contribution >= 4 is 172 Å². The normalized spacial score (nSPS) is 27.4. The zero-order chi connectivity index (χ0) is 75.8. The molecular weight excluding hydrogens is 1650 g/mol. The quantitative estimate of drug-likeness (QED) is 0.0271. The topological polar surface area (TPSA) is 410 Å². The Morgan fingerprint density at radius 2 is 0.798 bits per heavy atom. The van der Waals surface area contributed by atoms with Crippen LogP contribution >= 0.6 is 121 Å². The highest BCUT2D eigenvalue weighted by Gasteiger charge is 2.50. The van der Waals surface area contributed by atoms with Gasteiger partial charge in [0.1, 0.15) is 48.4 Å². The maximum absolute atomic E-state index is 15.1. The first kappa shape index (κ1) is 87.4. The van der Waals surface area contributed by atoms with Crippen molar-refractivity contribution in [1.82, 2.24) is 58.6 Å². The highest BCUT2D eigenvalue weighted by Crippen LogP contribution is 2.72. The molecule has 3 aliphatic carbocycles. The molecule has 0 aromatic carbocycles. The van der Waals surface area contributed by atoms with Crippen molar-refractivity contribution in [3.05, 3.63) is 34.8 Å². The lowest BCUT2D eigenvalue weighted by Gasteiger charge is -2.25. The van der Waals surface area contributed by atoms with E-state index in [9.17, 15) is 62.0 Å². The summed E-state index contributed by atoms with van der Waals surface area (Å²) < 4.78 is 145. The number of hydrogen-bond acceptors (Lipinski definition) is 27. The van der Waals surface area contributed by atoms with E-state index in [1.165, 1.54) is 65.5 Å². The Morgan fingerprint density at radius 3 is 1.07 bits per heavy atom. The van der Waals surface area contributed by atoms with Crippen LogP contribution in [0.1, 0.15) is 103 Å². The van der Waals surface area contributed by atoms with Crippen LogP contribution in [-0.2, 0) is 50.6 Å². The van der Waals surface area contributed by atoms with Gasteiger partial charge in [0, 0.05) is 52.6 Å². The smallest absolute Gasteiger partial charge is 0.337 e. The van der Waals surface area contributed by atoms with Gasteiger partial charge in [0.2, 0.25) is 30.6 Å². The lowest BCUT2D eigenvalue weighted by atomic mass is 10.1. The Kier molecular flexibility index (Phi) is 30.0. The molecule has 3 saturated heterocycles. The van der Waals surface area contributed by atoms with E-state index in [0.29, 0.717) is 57.4 Å². The summed E-state index contributed by atoms with van der Waals surface area (Å²) in [5, 5.41) is 39.8. The third-order valence-corrected chi connectivity index (χ3v) is 34.5. The van der Waals surface area contributed by atoms with E-state index >= 15 is 8.78 Å². The molecule has 104 heavy (non-hydrogen) atoms. The molecule has 0 amide bonds. The number of alkyl halides is 3. The summed E-state index contributed by atoms with van der Waals surface area (Å²) in [6.07, 6.45) is -0.000368. The minimum absolute atomic E-state index is 0. The van der Waals surface area contributed by atoms with Crippen molar-refractivity contribution in [3.8, 4) is 0 Å². The summed E-state index contributed by atoms with van der Waals surface area (Å²) in [4.78, 5) is 63.9. The van der Waals surface area contributed by atoms with E-state index in [1.807, 2.05) is 35.8 Å². The Morgan fingerprint density at radius 1 is 0.500 bits per heavy atom. The summed E-state index contributed by atoms with van der Waals surface area (Å²) in [6, 6.07) is 0.933. The summed E-state index contributed by atoms with van der Waals surface area (Å²) in [7, 11) is -8.32. The van der Waals surface area contributed by atoms with Gasteiger partial charge in [-0.05, 0) is 132 Å². The van der Waals surface area contributed by atoms with Crippen molar-refractivity contribution in [2.75, 3.05) is 100 Å². The fourth-order valence-electron chi connectivity index (χ4n) is 13.2. The lowest BCUT2D eigenvalue weighted by molar-refractivity contribution is -0.0459. The zero-order valence-corrected chi connectivity index (χ0v) is 67.1. The van der Waals surface area contributed by atoms with Crippen LogP contribution in [0, 0.1) is 0 Å². The van der Waals surface area contributed by atoms with Crippen LogP contribution in [-0.4, -0.2) is 247 Å². The maximum Gasteiger partial charge on any atom is 0.337 e. The molecule has 6 N–H and O–H groups in total. The van der Waals surface area contributed by atoms with Gasteiger partial charge in [-0.2, -0.15) is 29.9 Å². The molecule has 12 rings (SSSR count). The molecule has 0 bridgehead atoms. The van der Waals surface area contributed by atoms with Crippen LogP contribution in [0.25, 0.3) is 33.5 Å². The number of aromatic nitrogens is 12. The van der Waals surface area contributed by atoms with Gasteiger partial charge in [-0.1, -0.05) is 46.0 Å². The lowest BCUT2D eigenvalue weighted by Crippen LogP contribution is -2.31. The molecule has 6 aromatic heterocycles. The molecule has 15 atom stereocenters. The summed E-state index contributed by atoms with van der Waals surface area (Å²) >= 11 is 38.5. The Hall–Kier alpha value is -2.19. The van der Waals surface area contributed by atoms with E-state index in [0.717, 1.165) is 70.9 Å². The number of fused-ring (bicyclic) bond motifs is 3. The van der Waals surface area contributed by atoms with Crippen molar-refractivity contribution < 1.29 is 94.0 Å². The van der Waals surface area contributed by atoms with Gasteiger partial charge in [-0.3, -0.25) is 36.5 Å². The number of ether oxygens (including phenoxy) is 3. The van der Waals surface area contributed by atoms with Gasteiger partial charge in [-0.15, -0.1) is 0 Å². The van der Waals surface area contributed by atoms with Gasteiger partial charge in [-0.25, -0.2) is 28.1 Å². The number of aliphatic hydroxyl groups is 4. The molecule has 48 heteroatoms. The second-order valence-corrected chi connectivity index (χ2v) is 50.0. The van der Waals surface area contributed by atoms with Gasteiger partial charge in [0.15, 0.2) is 88.1 Å². The minimum atomic E-state index is -4.46. The van der Waals surface area contributed by atoms with E-state index in [4.69, 9.17) is 103 Å². The van der Waals surface area contributed by atoms with Gasteiger partial charge >= 0.3 is 7.60 Å². The van der Waals surface area contributed by atoms with E-state index < -0.39 is 140 Å². The number of halogens is 10. The predicted octanol–water partition coefficient (Wildman–Crippen LogP) is 12.8. The number of hydrogen-bond donors (Lipinski definition) is 6. The minimum Gasteiger partial charge on any atom is -0.394 e. The average Bonchev–Trinajstić information content (AvgIpc) is 1.58. The Balaban J connectivity index is 0.000000187. The van der Waals surface area contributed by atoms with Crippen LogP contribution in [0.2, 0.25) is 15.9 Å². The fourth-order valence-corrected chi connectivity index (χ4v) is 31.7. The van der Waals surface area contributed by atoms with Crippen LogP contribution in [0.3, 0.4) is 0 Å². The van der Waals surface area contributed by atoms with Gasteiger partial charge in [0.05, 0.1) is 51.8 Å². The van der Waals surface area contributed by atoms with Crippen LogP contribution in [0.5, 0.6) is 0 Å². The largest absolute Gasteiger partial charge is 0.394 e. The molecular formula is C56H85Cl7F3N15O17P6. The first-order chi connectivity index (χ1) is 47.9. The fraction of sp³-hybridized carbons (Fsp3) is 0.732. The number of imidazole rings is 3. The molecule has 6 aromatic rings. The predicted molar refractivity (Wildman–Crippen MR) is 395 cm³/mol. The number of aliphatic hydroxyl groups excluding tert-OH is 4. The molecule has 3 saturated carbocycles. The van der Waals surface area contributed by atoms with E-state index in [1.54, 1.807) is 0 Å². The highest BCUT2D eigenvalue weighted by atomic mass is 35.9. The SMILES string of the molecule is C.CN(c1nc(Cl)nc2c1ncn2[C@@H]1O[C@H](CO)[C@@H](O)[C@@H]1F)C1CCCC1.CN(c1nc(Cl)nc2c1ncn2[C@@H]1O[C@H](COP(=O)(O)CP(C)(=O)O)[C@@H](O)[C@@H]1F)C1CCCC1.CN(c1nc(Cl)nc2c1ncn2[C@@H]1O[C@H](COP(C)(=O)CP(C)(C)=O)[C@@H](O)[C@@H]1F)C1CCCC1.O=P(Cl)(Cl)CP(=O)(Cl)Cl. The third kappa shape index (κ3) is 22.1. The molecule has 6 aliphatic rings. The summed E-state index contributed by atoms with van der Waals surface area (Å²) in [6.45, 7) is 3.91. The zero-order valence-electron chi connectivity index (χ0n) is 56.5. The number of rotatable bonds is 22. The van der Waals surface area contributed by atoms with Gasteiger partial charge < -0.3 is 72.7 Å². The third-order valence-electron chi connectivity index (χ3n) is 18.0. The molecule has 0 spiro atoms. The second kappa shape index (κ2) is 35.7. The van der Waals surface area contributed by atoms with Crippen molar-refractivity contribution in [2.45, 2.75) is 176 Å². The van der Waals surface area contributed by atoms with Crippen molar-refractivity contribution in [3.63, 3.8) is 0 Å². The Bertz CT molecular complexity index is 4060. The van der Waals surface area contributed by atoms with Gasteiger partial charge in [0.25, 0.3) is 11.7 Å². The molecule has 0 radical (unpaired) electrons. The van der Waals surface area contributed by atoms with Crippen LogP contribution in [0.15, 0.2) is 19.0 Å². The molecule has 586 valence electrons. The second-order valence-electron chi connectivity index (χ2n) is 26.7. The first-order valence-corrected chi connectivity index (χ1v) is 50.0. The van der Waals surface area contributed by atoms with Crippen molar-refractivity contribution in [2.24, 2.45) is 0 Å². The first-order valence-electron chi connectivity index (χ1n) is 32.3. The number of nitrogens with zero attached hydrogens (tertiary/aromatic N) is 15.